The number of amides is 4. The Bertz CT molecular complexity index is 2050. The molecule has 13 heteroatoms. The maximum atomic E-state index is 13.2. The summed E-state index contributed by atoms with van der Waals surface area (Å²) in [5.74, 6) is 5.31. The van der Waals surface area contributed by atoms with E-state index < -0.39 is 34.6 Å². The van der Waals surface area contributed by atoms with Gasteiger partial charge in [-0.2, -0.15) is 0 Å². The van der Waals surface area contributed by atoms with Gasteiger partial charge in [-0.15, -0.1) is 0 Å². The molecule has 0 radical (unpaired) electrons. The van der Waals surface area contributed by atoms with E-state index >= 15 is 0 Å². The van der Waals surface area contributed by atoms with Gasteiger partial charge in [0.25, 0.3) is 17.5 Å². The summed E-state index contributed by atoms with van der Waals surface area (Å²) < 4.78 is 0. The number of nitrogens with one attached hydrogen (secondary N) is 2. The number of aromatic nitrogens is 2. The van der Waals surface area contributed by atoms with Crippen LogP contribution in [0, 0.1) is 27.9 Å². The summed E-state index contributed by atoms with van der Waals surface area (Å²) in [5.41, 5.74) is 3.02. The van der Waals surface area contributed by atoms with E-state index in [9.17, 15) is 29.3 Å². The van der Waals surface area contributed by atoms with Crippen LogP contribution < -0.4 is 15.5 Å². The predicted molar refractivity (Wildman–Crippen MR) is 171 cm³/mol. The van der Waals surface area contributed by atoms with Crippen LogP contribution in [0.3, 0.4) is 0 Å². The number of benzene rings is 3. The van der Waals surface area contributed by atoms with Crippen molar-refractivity contribution in [3.05, 3.63) is 99.4 Å². The van der Waals surface area contributed by atoms with Crippen molar-refractivity contribution < 1.29 is 24.1 Å². The van der Waals surface area contributed by atoms with Gasteiger partial charge in [0.05, 0.1) is 27.5 Å². The first kappa shape index (κ1) is 29.5. The number of nitro benzene ring substituents is 1. The Hall–Kier alpha value is -6.16. The summed E-state index contributed by atoms with van der Waals surface area (Å²) in [5, 5.41) is 17.3. The van der Waals surface area contributed by atoms with E-state index in [1.807, 2.05) is 24.3 Å². The molecule has 234 valence electrons. The van der Waals surface area contributed by atoms with Crippen LogP contribution in [0.25, 0.3) is 10.9 Å². The minimum absolute atomic E-state index is 0.0363. The Morgan fingerprint density at radius 1 is 0.957 bits per heavy atom. The number of fused-ring (bicyclic) bond motifs is 2. The Morgan fingerprint density at radius 2 is 1.72 bits per heavy atom. The van der Waals surface area contributed by atoms with E-state index in [2.05, 4.69) is 37.3 Å². The lowest BCUT2D eigenvalue weighted by Crippen LogP contribution is -2.54. The molecule has 4 amide bonds. The molecule has 4 heterocycles. The molecule has 0 bridgehead atoms. The molecule has 1 unspecified atom stereocenters. The van der Waals surface area contributed by atoms with Gasteiger partial charge in [0.1, 0.15) is 11.9 Å². The predicted octanol–water partition coefficient (Wildman–Crippen LogP) is 3.08. The van der Waals surface area contributed by atoms with E-state index in [4.69, 9.17) is 0 Å². The number of carbonyl (C=O) groups is 4. The molecule has 2 fully saturated rings. The zero-order valence-corrected chi connectivity index (χ0v) is 24.9. The molecule has 3 aliphatic heterocycles. The van der Waals surface area contributed by atoms with Crippen LogP contribution in [0.15, 0.2) is 66.7 Å². The molecule has 1 atom stereocenters. The second-order valence-corrected chi connectivity index (χ2v) is 11.6. The average molecular weight is 630 g/mol. The molecule has 3 aromatic carbocycles. The minimum atomic E-state index is -1.00. The van der Waals surface area contributed by atoms with Gasteiger partial charge in [0.2, 0.25) is 17.6 Å². The van der Waals surface area contributed by atoms with Crippen LogP contribution in [0.2, 0.25) is 0 Å². The third-order valence-electron chi connectivity index (χ3n) is 8.51. The number of anilines is 2. The normalized spacial score (nSPS) is 17.6. The van der Waals surface area contributed by atoms with E-state index in [-0.39, 0.29) is 35.6 Å². The first-order valence-corrected chi connectivity index (χ1v) is 15.1. The van der Waals surface area contributed by atoms with E-state index in [1.54, 1.807) is 30.3 Å². The fraction of sp³-hybridized carbons (Fsp3) is 0.235. The Kier molecular flexibility index (Phi) is 7.53. The number of carbonyl (C=O) groups excluding carboxylic acids is 4. The topological polar surface area (TPSA) is 168 Å². The summed E-state index contributed by atoms with van der Waals surface area (Å²) in [6.45, 7) is 1.78. The van der Waals surface area contributed by atoms with Crippen LogP contribution in [0.5, 0.6) is 0 Å². The third kappa shape index (κ3) is 5.72. The van der Waals surface area contributed by atoms with Gasteiger partial charge in [-0.25, -0.2) is 9.97 Å². The Balaban J connectivity index is 1.01. The first-order chi connectivity index (χ1) is 22.7. The molecule has 2 N–H and O–H groups in total. The number of hydrogen-bond donors (Lipinski definition) is 2. The average Bonchev–Trinajstić information content (AvgIpc) is 3.29. The minimum Gasteiger partial charge on any atom is -0.369 e. The quantitative estimate of drug-likeness (QED) is 0.134. The summed E-state index contributed by atoms with van der Waals surface area (Å²) in [6.07, 6.45) is 0.820. The maximum Gasteiger partial charge on any atom is 0.269 e. The summed E-state index contributed by atoms with van der Waals surface area (Å²) >= 11 is 0. The molecule has 47 heavy (non-hydrogen) atoms. The van der Waals surface area contributed by atoms with Gasteiger partial charge >= 0.3 is 0 Å². The molecule has 0 saturated carbocycles. The molecule has 7 rings (SSSR count). The number of rotatable bonds is 7. The highest BCUT2D eigenvalue weighted by molar-refractivity contribution is 6.23. The second kappa shape index (κ2) is 12.0. The highest BCUT2D eigenvalue weighted by Crippen LogP contribution is 2.33. The maximum absolute atomic E-state index is 13.2. The van der Waals surface area contributed by atoms with E-state index in [0.29, 0.717) is 37.7 Å². The molecule has 1 aromatic heterocycles. The van der Waals surface area contributed by atoms with Gasteiger partial charge in [-0.05, 0) is 54.7 Å². The molecular weight excluding hydrogens is 602 g/mol. The summed E-state index contributed by atoms with van der Waals surface area (Å²) in [6, 6.07) is 18.2. The lowest BCUT2D eigenvalue weighted by molar-refractivity contribution is -0.384. The fourth-order valence-corrected chi connectivity index (χ4v) is 5.98. The molecule has 13 nitrogen and oxygen atoms in total. The summed E-state index contributed by atoms with van der Waals surface area (Å²) in [4.78, 5) is 72.9. The fourth-order valence-electron chi connectivity index (χ4n) is 5.98. The van der Waals surface area contributed by atoms with Gasteiger partial charge in [0, 0.05) is 49.3 Å². The van der Waals surface area contributed by atoms with Crippen LogP contribution in [0.1, 0.15) is 44.9 Å². The number of para-hydroxylation sites is 1. The number of piperidine rings is 1. The standard InChI is InChI=1S/C34H27N7O6/c42-30-14-12-28(32(43)38-30)40-33(44)24-11-10-23(17-26(24)34(40)45)39-18-21(19-39)7-13-29-36-27-4-2-1-3-25(27)31(37-29)35-16-15-20-5-8-22(9-6-20)41(46)47/h1-6,8-11,17,21,28H,12,14-16,18-19H2,(H,35,36,37)(H,38,42,43). The lowest BCUT2D eigenvalue weighted by Gasteiger charge is -2.38. The van der Waals surface area contributed by atoms with E-state index in [1.165, 1.54) is 12.1 Å². The van der Waals surface area contributed by atoms with Crippen molar-refractivity contribution in [1.82, 2.24) is 20.2 Å². The van der Waals surface area contributed by atoms with Crippen molar-refractivity contribution in [3.8, 4) is 11.8 Å². The molecular formula is C34H27N7O6. The Morgan fingerprint density at radius 3 is 2.49 bits per heavy atom. The molecule has 0 aliphatic carbocycles. The third-order valence-corrected chi connectivity index (χ3v) is 8.51. The zero-order chi connectivity index (χ0) is 32.7. The lowest BCUT2D eigenvalue weighted by atomic mass is 9.98. The number of non-ortho nitro benzene ring substituents is 1. The van der Waals surface area contributed by atoms with Crippen LogP contribution in [-0.2, 0) is 16.0 Å². The van der Waals surface area contributed by atoms with Crippen LogP contribution >= 0.6 is 0 Å². The summed E-state index contributed by atoms with van der Waals surface area (Å²) in [7, 11) is 0. The molecule has 4 aromatic rings. The monoisotopic (exact) mass is 629 g/mol. The number of nitrogens with zero attached hydrogens (tertiary/aromatic N) is 5. The number of imide groups is 2. The van der Waals surface area contributed by atoms with Crippen LogP contribution in [-0.4, -0.2) is 69.1 Å². The first-order valence-electron chi connectivity index (χ1n) is 15.1. The SMILES string of the molecule is O=C1CCC(N2C(=O)c3ccc(N4CC(C#Cc5nc(NCCc6ccc([N+](=O)[O-])cc6)c6ccccc6n5)C4)cc3C2=O)C(=O)N1. The number of hydrogen-bond acceptors (Lipinski definition) is 10. The van der Waals surface area contributed by atoms with Gasteiger partial charge in [-0.3, -0.25) is 39.5 Å². The van der Waals surface area contributed by atoms with Crippen molar-refractivity contribution in [3.63, 3.8) is 0 Å². The zero-order valence-electron chi connectivity index (χ0n) is 24.9. The van der Waals surface area contributed by atoms with Gasteiger partial charge in [0.15, 0.2) is 0 Å². The molecule has 0 spiro atoms. The van der Waals surface area contributed by atoms with Crippen LogP contribution in [0.4, 0.5) is 17.2 Å². The van der Waals surface area contributed by atoms with Crippen molar-refractivity contribution in [1.29, 1.82) is 0 Å². The molecule has 2 saturated heterocycles. The van der Waals surface area contributed by atoms with Crippen molar-refractivity contribution in [2.24, 2.45) is 5.92 Å². The highest BCUT2D eigenvalue weighted by atomic mass is 16.6. The van der Waals surface area contributed by atoms with Gasteiger partial charge < -0.3 is 10.2 Å². The number of nitro groups is 1. The Labute approximate surface area is 268 Å². The largest absolute Gasteiger partial charge is 0.369 e. The second-order valence-electron chi connectivity index (χ2n) is 11.6. The smallest absolute Gasteiger partial charge is 0.269 e. The van der Waals surface area contributed by atoms with Crippen molar-refractivity contribution in [2.45, 2.75) is 25.3 Å². The van der Waals surface area contributed by atoms with Crippen molar-refractivity contribution >= 4 is 51.7 Å². The van der Waals surface area contributed by atoms with Crippen molar-refractivity contribution in [2.75, 3.05) is 29.9 Å². The van der Waals surface area contributed by atoms with Gasteiger partial charge in [-0.1, -0.05) is 30.2 Å². The molecule has 3 aliphatic rings. The van der Waals surface area contributed by atoms with E-state index in [0.717, 1.165) is 27.1 Å². The highest BCUT2D eigenvalue weighted by Gasteiger charge is 2.45.